The minimum atomic E-state index is -0.144. The lowest BCUT2D eigenvalue weighted by molar-refractivity contribution is 0.0995. The van der Waals surface area contributed by atoms with Gasteiger partial charge < -0.3 is 0 Å². The van der Waals surface area contributed by atoms with Crippen molar-refractivity contribution in [3.63, 3.8) is 0 Å². The maximum Gasteiger partial charge on any atom is 0.176 e. The first-order chi connectivity index (χ1) is 6.56. The molecule has 0 fully saturated rings. The molecule has 0 aliphatic rings. The largest absolute Gasteiger partial charge is 0.293 e. The number of halogens is 2. The van der Waals surface area contributed by atoms with Crippen molar-refractivity contribution in [2.24, 2.45) is 0 Å². The standard InChI is InChI=1S/C11H12BrClO/c1-3-8-6-9(13)4-5-10(8)11(14)7(2)12/h4-7H,3H2,1-2H3. The Bertz CT molecular complexity index is 347. The molecule has 0 saturated heterocycles. The third-order valence-corrected chi connectivity index (χ3v) is 2.73. The topological polar surface area (TPSA) is 17.1 Å². The van der Waals surface area contributed by atoms with Crippen LogP contribution >= 0.6 is 27.5 Å². The second-order valence-corrected chi connectivity index (χ2v) is 4.95. The van der Waals surface area contributed by atoms with E-state index in [-0.39, 0.29) is 10.6 Å². The summed E-state index contributed by atoms with van der Waals surface area (Å²) in [4.78, 5) is 11.6. The molecule has 1 atom stereocenters. The van der Waals surface area contributed by atoms with Gasteiger partial charge >= 0.3 is 0 Å². The van der Waals surface area contributed by atoms with Crippen molar-refractivity contribution in [1.29, 1.82) is 0 Å². The molecule has 1 rings (SSSR count). The fourth-order valence-electron chi connectivity index (χ4n) is 1.31. The predicted octanol–water partition coefficient (Wildman–Crippen LogP) is 3.87. The number of alkyl halides is 1. The average Bonchev–Trinajstić information content (AvgIpc) is 2.16. The van der Waals surface area contributed by atoms with Crippen LogP contribution in [0.2, 0.25) is 5.02 Å². The number of carbonyl (C=O) groups is 1. The predicted molar refractivity (Wildman–Crippen MR) is 63.5 cm³/mol. The average molecular weight is 276 g/mol. The molecule has 3 heteroatoms. The highest BCUT2D eigenvalue weighted by Gasteiger charge is 2.15. The van der Waals surface area contributed by atoms with E-state index in [1.165, 1.54) is 0 Å². The van der Waals surface area contributed by atoms with Crippen LogP contribution in [0, 0.1) is 0 Å². The molecule has 0 spiro atoms. The Balaban J connectivity index is 3.14. The molecular formula is C11H12BrClO. The van der Waals surface area contributed by atoms with Crippen molar-refractivity contribution < 1.29 is 4.79 Å². The van der Waals surface area contributed by atoms with Crippen molar-refractivity contribution in [3.05, 3.63) is 34.3 Å². The molecule has 0 amide bonds. The highest BCUT2D eigenvalue weighted by molar-refractivity contribution is 9.10. The Morgan fingerprint density at radius 3 is 2.71 bits per heavy atom. The van der Waals surface area contributed by atoms with Crippen LogP contribution < -0.4 is 0 Å². The van der Waals surface area contributed by atoms with Gasteiger partial charge in [-0.3, -0.25) is 4.79 Å². The SMILES string of the molecule is CCc1cc(Cl)ccc1C(=O)C(C)Br. The summed E-state index contributed by atoms with van der Waals surface area (Å²) in [7, 11) is 0. The van der Waals surface area contributed by atoms with Crippen molar-refractivity contribution in [2.45, 2.75) is 25.1 Å². The number of rotatable bonds is 3. The summed E-state index contributed by atoms with van der Waals surface area (Å²) in [6, 6.07) is 5.40. The maximum atomic E-state index is 11.7. The number of hydrogen-bond acceptors (Lipinski definition) is 1. The molecule has 1 aromatic rings. The van der Waals surface area contributed by atoms with E-state index >= 15 is 0 Å². The third kappa shape index (κ3) is 2.58. The van der Waals surface area contributed by atoms with E-state index in [2.05, 4.69) is 15.9 Å². The summed E-state index contributed by atoms with van der Waals surface area (Å²) in [6.45, 7) is 3.84. The summed E-state index contributed by atoms with van der Waals surface area (Å²) < 4.78 is 0. The van der Waals surface area contributed by atoms with Crippen molar-refractivity contribution in [1.82, 2.24) is 0 Å². The number of benzene rings is 1. The summed E-state index contributed by atoms with van der Waals surface area (Å²) >= 11 is 9.13. The van der Waals surface area contributed by atoms with Gasteiger partial charge in [0.2, 0.25) is 0 Å². The van der Waals surface area contributed by atoms with Crippen molar-refractivity contribution in [2.75, 3.05) is 0 Å². The molecule has 0 heterocycles. The Labute approximate surface area is 97.6 Å². The molecule has 1 unspecified atom stereocenters. The van der Waals surface area contributed by atoms with Crippen molar-refractivity contribution >= 4 is 33.3 Å². The maximum absolute atomic E-state index is 11.7. The third-order valence-electron chi connectivity index (χ3n) is 2.07. The van der Waals surface area contributed by atoms with E-state index < -0.39 is 0 Å². The number of hydrogen-bond donors (Lipinski definition) is 0. The molecule has 0 saturated carbocycles. The first-order valence-corrected chi connectivity index (χ1v) is 5.82. The first-order valence-electron chi connectivity index (χ1n) is 4.53. The molecule has 0 aliphatic carbocycles. The van der Waals surface area contributed by atoms with E-state index in [9.17, 15) is 4.79 Å². The van der Waals surface area contributed by atoms with Gasteiger partial charge in [-0.15, -0.1) is 0 Å². The summed E-state index contributed by atoms with van der Waals surface area (Å²) in [5.74, 6) is 0.110. The summed E-state index contributed by atoms with van der Waals surface area (Å²) in [5, 5.41) is 0.681. The van der Waals surface area contributed by atoms with Gasteiger partial charge in [0.1, 0.15) is 0 Å². The lowest BCUT2D eigenvalue weighted by atomic mass is 10.0. The molecule has 1 aromatic carbocycles. The highest BCUT2D eigenvalue weighted by atomic mass is 79.9. The molecule has 14 heavy (non-hydrogen) atoms. The Morgan fingerprint density at radius 1 is 1.57 bits per heavy atom. The molecule has 0 N–H and O–H groups in total. The normalized spacial score (nSPS) is 12.6. The minimum absolute atomic E-state index is 0.110. The van der Waals surface area contributed by atoms with Crippen LogP contribution in [0.3, 0.4) is 0 Å². The monoisotopic (exact) mass is 274 g/mol. The van der Waals surface area contributed by atoms with Gasteiger partial charge in [-0.25, -0.2) is 0 Å². The lowest BCUT2D eigenvalue weighted by Crippen LogP contribution is -2.12. The van der Waals surface area contributed by atoms with Gasteiger partial charge in [0.05, 0.1) is 4.83 Å². The van der Waals surface area contributed by atoms with Crippen LogP contribution in [0.1, 0.15) is 29.8 Å². The van der Waals surface area contributed by atoms with Crippen LogP contribution in [0.15, 0.2) is 18.2 Å². The van der Waals surface area contributed by atoms with Gasteiger partial charge in [-0.1, -0.05) is 34.5 Å². The molecule has 1 nitrogen and oxygen atoms in total. The van der Waals surface area contributed by atoms with Gasteiger partial charge in [0.25, 0.3) is 0 Å². The fourth-order valence-corrected chi connectivity index (χ4v) is 1.75. The van der Waals surface area contributed by atoms with E-state index in [0.717, 1.165) is 17.5 Å². The molecule has 0 bridgehead atoms. The zero-order valence-corrected chi connectivity index (χ0v) is 10.5. The molecular weight excluding hydrogens is 263 g/mol. The Kier molecular flexibility index (Phi) is 4.14. The van der Waals surface area contributed by atoms with Gasteiger partial charge in [0.15, 0.2) is 5.78 Å². The van der Waals surface area contributed by atoms with Gasteiger partial charge in [-0.2, -0.15) is 0 Å². The first kappa shape index (κ1) is 11.7. The van der Waals surface area contributed by atoms with Crippen LogP contribution in [-0.2, 0) is 6.42 Å². The quantitative estimate of drug-likeness (QED) is 0.604. The van der Waals surface area contributed by atoms with Gasteiger partial charge in [-0.05, 0) is 37.1 Å². The molecule has 76 valence electrons. The second kappa shape index (κ2) is 4.94. The van der Waals surface area contributed by atoms with Crippen LogP contribution in [0.4, 0.5) is 0 Å². The molecule has 0 radical (unpaired) electrons. The Morgan fingerprint density at radius 2 is 2.21 bits per heavy atom. The second-order valence-electron chi connectivity index (χ2n) is 3.14. The van der Waals surface area contributed by atoms with E-state index in [1.807, 2.05) is 19.9 Å². The van der Waals surface area contributed by atoms with Crippen molar-refractivity contribution in [3.8, 4) is 0 Å². The number of carbonyl (C=O) groups excluding carboxylic acids is 1. The number of aryl methyl sites for hydroxylation is 1. The Hall–Kier alpha value is -0.340. The number of ketones is 1. The summed E-state index contributed by atoms with van der Waals surface area (Å²) in [5.41, 5.74) is 1.77. The van der Waals surface area contributed by atoms with E-state index in [0.29, 0.717) is 5.02 Å². The molecule has 0 aliphatic heterocycles. The van der Waals surface area contributed by atoms with Gasteiger partial charge in [0, 0.05) is 10.6 Å². The zero-order valence-electron chi connectivity index (χ0n) is 8.18. The van der Waals surface area contributed by atoms with Crippen LogP contribution in [0.25, 0.3) is 0 Å². The van der Waals surface area contributed by atoms with Crippen LogP contribution in [0.5, 0.6) is 0 Å². The summed E-state index contributed by atoms with van der Waals surface area (Å²) in [6.07, 6.45) is 0.821. The van der Waals surface area contributed by atoms with E-state index in [1.54, 1.807) is 12.1 Å². The van der Waals surface area contributed by atoms with E-state index in [4.69, 9.17) is 11.6 Å². The fraction of sp³-hybridized carbons (Fsp3) is 0.364. The highest BCUT2D eigenvalue weighted by Crippen LogP contribution is 2.19. The smallest absolute Gasteiger partial charge is 0.176 e. The van der Waals surface area contributed by atoms with Crippen LogP contribution in [-0.4, -0.2) is 10.6 Å². The zero-order chi connectivity index (χ0) is 10.7. The molecule has 0 aromatic heterocycles. The number of Topliss-reactive ketones (excluding diaryl/α,β-unsaturated/α-hetero) is 1. The minimum Gasteiger partial charge on any atom is -0.293 e. The lowest BCUT2D eigenvalue weighted by Gasteiger charge is -2.08.